The van der Waals surface area contributed by atoms with Crippen molar-refractivity contribution in [3.63, 3.8) is 0 Å². The zero-order valence-electron chi connectivity index (χ0n) is 11.0. The second kappa shape index (κ2) is 8.99. The molecule has 5 nitrogen and oxygen atoms in total. The summed E-state index contributed by atoms with van der Waals surface area (Å²) >= 11 is 1.82. The van der Waals surface area contributed by atoms with Gasteiger partial charge in [0.05, 0.1) is 6.61 Å². The molecule has 6 heteroatoms. The van der Waals surface area contributed by atoms with E-state index < -0.39 is 0 Å². The lowest BCUT2D eigenvalue weighted by molar-refractivity contribution is 0.296. The number of ether oxygens (including phenoxy) is 1. The fraction of sp³-hybridized carbons (Fsp3) is 0.667. The van der Waals surface area contributed by atoms with Crippen LogP contribution >= 0.6 is 11.8 Å². The molecule has 0 aliphatic carbocycles. The van der Waals surface area contributed by atoms with Gasteiger partial charge in [0.1, 0.15) is 11.6 Å². The highest BCUT2D eigenvalue weighted by Gasteiger charge is 2.01. The molecule has 0 aliphatic heterocycles. The molecule has 1 rings (SSSR count). The minimum Gasteiger partial charge on any atom is -0.478 e. The van der Waals surface area contributed by atoms with Crippen molar-refractivity contribution in [2.24, 2.45) is 0 Å². The van der Waals surface area contributed by atoms with E-state index in [-0.39, 0.29) is 6.61 Å². The van der Waals surface area contributed by atoms with Crippen LogP contribution in [0.4, 0.5) is 5.82 Å². The summed E-state index contributed by atoms with van der Waals surface area (Å²) in [6.07, 6.45) is 0.853. The molecule has 0 unspecified atom stereocenters. The van der Waals surface area contributed by atoms with Crippen molar-refractivity contribution in [3.05, 3.63) is 11.9 Å². The van der Waals surface area contributed by atoms with Crippen LogP contribution in [0.15, 0.2) is 6.07 Å². The number of anilines is 1. The molecule has 0 saturated heterocycles. The number of nitrogens with one attached hydrogen (secondary N) is 1. The van der Waals surface area contributed by atoms with Crippen molar-refractivity contribution >= 4 is 17.6 Å². The van der Waals surface area contributed by atoms with Crippen LogP contribution in [0.3, 0.4) is 0 Å². The fourth-order valence-electron chi connectivity index (χ4n) is 1.37. The van der Waals surface area contributed by atoms with Crippen LogP contribution in [-0.2, 0) is 0 Å². The summed E-state index contributed by atoms with van der Waals surface area (Å²) in [6, 6.07) is 1.81. The number of hydrogen-bond acceptors (Lipinski definition) is 6. The van der Waals surface area contributed by atoms with Gasteiger partial charge in [-0.2, -0.15) is 16.7 Å². The molecule has 2 N–H and O–H groups in total. The van der Waals surface area contributed by atoms with Gasteiger partial charge in [-0.15, -0.1) is 0 Å². The highest BCUT2D eigenvalue weighted by molar-refractivity contribution is 7.99. The van der Waals surface area contributed by atoms with Crippen LogP contribution in [0.1, 0.15) is 19.2 Å². The van der Waals surface area contributed by atoms with E-state index >= 15 is 0 Å². The summed E-state index contributed by atoms with van der Waals surface area (Å²) in [5.74, 6) is 4.10. The second-order valence-corrected chi connectivity index (χ2v) is 4.91. The number of aliphatic hydroxyl groups is 1. The first-order chi connectivity index (χ1) is 8.76. The first kappa shape index (κ1) is 15.0. The quantitative estimate of drug-likeness (QED) is 0.667. The zero-order chi connectivity index (χ0) is 13.2. The number of aryl methyl sites for hydroxylation is 1. The maximum atomic E-state index is 8.65. The fourth-order valence-corrected chi connectivity index (χ4v) is 2.16. The van der Waals surface area contributed by atoms with Gasteiger partial charge in [-0.1, -0.05) is 0 Å². The lowest BCUT2D eigenvalue weighted by Crippen LogP contribution is -2.08. The average molecular weight is 271 g/mol. The van der Waals surface area contributed by atoms with Crippen LogP contribution in [0.5, 0.6) is 5.88 Å². The molecule has 0 amide bonds. The Kier molecular flexibility index (Phi) is 7.52. The number of thioether (sulfide) groups is 1. The molecule has 0 aromatic carbocycles. The Labute approximate surface area is 112 Å². The number of aliphatic hydroxyl groups excluding tert-OH is 1. The third kappa shape index (κ3) is 6.07. The predicted molar refractivity (Wildman–Crippen MR) is 75.5 cm³/mol. The summed E-state index contributed by atoms with van der Waals surface area (Å²) in [5.41, 5.74) is 0. The minimum absolute atomic E-state index is 0.267. The Hall–Kier alpha value is -1.01. The SMILES string of the molecule is CCOc1cc(NCCSCCCO)nc(C)n1. The first-order valence-electron chi connectivity index (χ1n) is 6.17. The molecular weight excluding hydrogens is 250 g/mol. The van der Waals surface area contributed by atoms with Crippen molar-refractivity contribution in [1.82, 2.24) is 9.97 Å². The van der Waals surface area contributed by atoms with Crippen LogP contribution < -0.4 is 10.1 Å². The van der Waals surface area contributed by atoms with Crippen molar-refractivity contribution in [3.8, 4) is 5.88 Å². The highest BCUT2D eigenvalue weighted by Crippen LogP contribution is 2.13. The molecule has 1 aromatic heterocycles. The van der Waals surface area contributed by atoms with E-state index in [4.69, 9.17) is 9.84 Å². The minimum atomic E-state index is 0.267. The van der Waals surface area contributed by atoms with Crippen molar-refractivity contribution in [1.29, 1.82) is 0 Å². The monoisotopic (exact) mass is 271 g/mol. The Bertz CT molecular complexity index is 350. The van der Waals surface area contributed by atoms with Gasteiger partial charge >= 0.3 is 0 Å². The molecule has 0 fully saturated rings. The molecule has 0 radical (unpaired) electrons. The van der Waals surface area contributed by atoms with Gasteiger partial charge in [0, 0.05) is 25.0 Å². The summed E-state index contributed by atoms with van der Waals surface area (Å²) < 4.78 is 5.36. The molecule has 102 valence electrons. The second-order valence-electron chi connectivity index (χ2n) is 3.69. The molecule has 0 spiro atoms. The normalized spacial score (nSPS) is 10.4. The number of aromatic nitrogens is 2. The lowest BCUT2D eigenvalue weighted by Gasteiger charge is -2.08. The van der Waals surface area contributed by atoms with E-state index in [2.05, 4.69) is 15.3 Å². The molecule has 1 heterocycles. The van der Waals surface area contributed by atoms with E-state index in [1.165, 1.54) is 0 Å². The lowest BCUT2D eigenvalue weighted by atomic mass is 10.5. The van der Waals surface area contributed by atoms with Gasteiger partial charge in [-0.05, 0) is 26.0 Å². The van der Waals surface area contributed by atoms with Crippen molar-refractivity contribution in [2.75, 3.05) is 36.6 Å². The van der Waals surface area contributed by atoms with Crippen LogP contribution in [0, 0.1) is 6.92 Å². The topological polar surface area (TPSA) is 67.3 Å². The first-order valence-corrected chi connectivity index (χ1v) is 7.32. The maximum Gasteiger partial charge on any atom is 0.218 e. The van der Waals surface area contributed by atoms with Crippen molar-refractivity contribution < 1.29 is 9.84 Å². The highest BCUT2D eigenvalue weighted by atomic mass is 32.2. The molecule has 0 atom stereocenters. The average Bonchev–Trinajstić information content (AvgIpc) is 2.33. The number of hydrogen-bond donors (Lipinski definition) is 2. The third-order valence-corrected chi connectivity index (χ3v) is 3.18. The number of rotatable bonds is 9. The molecular formula is C12H21N3O2S. The van der Waals surface area contributed by atoms with E-state index in [0.29, 0.717) is 18.3 Å². The standard InChI is InChI=1S/C12H21N3O2S/c1-3-17-12-9-11(14-10(2)15-12)13-5-8-18-7-4-6-16/h9,16H,3-8H2,1-2H3,(H,13,14,15). The van der Waals surface area contributed by atoms with E-state index in [1.54, 1.807) is 0 Å². The molecule has 1 aromatic rings. The summed E-state index contributed by atoms with van der Waals surface area (Å²) in [7, 11) is 0. The Morgan fingerprint density at radius 1 is 1.39 bits per heavy atom. The van der Waals surface area contributed by atoms with Crippen LogP contribution in [0.2, 0.25) is 0 Å². The van der Waals surface area contributed by atoms with Crippen molar-refractivity contribution in [2.45, 2.75) is 20.3 Å². The summed E-state index contributed by atoms with van der Waals surface area (Å²) in [6.45, 7) is 5.50. The number of nitrogens with zero attached hydrogens (tertiary/aromatic N) is 2. The summed E-state index contributed by atoms with van der Waals surface area (Å²) in [4.78, 5) is 8.48. The van der Waals surface area contributed by atoms with E-state index in [0.717, 1.165) is 30.3 Å². The van der Waals surface area contributed by atoms with Gasteiger partial charge in [0.2, 0.25) is 5.88 Å². The smallest absolute Gasteiger partial charge is 0.218 e. The molecule has 0 bridgehead atoms. The Morgan fingerprint density at radius 3 is 2.94 bits per heavy atom. The predicted octanol–water partition coefficient (Wildman–Crippen LogP) is 1.71. The molecule has 0 saturated carbocycles. The van der Waals surface area contributed by atoms with E-state index in [9.17, 15) is 0 Å². The van der Waals surface area contributed by atoms with Gasteiger partial charge in [0.25, 0.3) is 0 Å². The Morgan fingerprint density at radius 2 is 2.22 bits per heavy atom. The van der Waals surface area contributed by atoms with Gasteiger partial charge in [0.15, 0.2) is 0 Å². The van der Waals surface area contributed by atoms with Crippen LogP contribution in [-0.4, -0.2) is 46.3 Å². The molecule has 18 heavy (non-hydrogen) atoms. The zero-order valence-corrected chi connectivity index (χ0v) is 11.8. The third-order valence-electron chi connectivity index (χ3n) is 2.11. The maximum absolute atomic E-state index is 8.65. The molecule has 0 aliphatic rings. The largest absolute Gasteiger partial charge is 0.478 e. The van der Waals surface area contributed by atoms with E-state index in [1.807, 2.05) is 31.7 Å². The summed E-state index contributed by atoms with van der Waals surface area (Å²) in [5, 5.41) is 11.9. The van der Waals surface area contributed by atoms with Crippen LogP contribution in [0.25, 0.3) is 0 Å². The van der Waals surface area contributed by atoms with Gasteiger partial charge in [-0.3, -0.25) is 0 Å². The van der Waals surface area contributed by atoms with Gasteiger partial charge < -0.3 is 15.2 Å². The van der Waals surface area contributed by atoms with Gasteiger partial charge in [-0.25, -0.2) is 4.98 Å². The Balaban J connectivity index is 2.32.